The first-order valence-corrected chi connectivity index (χ1v) is 5.62. The molecule has 0 amide bonds. The average molecular weight is 227 g/mol. The summed E-state index contributed by atoms with van der Waals surface area (Å²) in [6, 6.07) is 12.4. The van der Waals surface area contributed by atoms with Crippen molar-refractivity contribution in [2.24, 2.45) is 0 Å². The minimum atomic E-state index is 0.671. The molecule has 0 aliphatic carbocycles. The van der Waals surface area contributed by atoms with E-state index in [2.05, 4.69) is 32.0 Å². The zero-order chi connectivity index (χ0) is 12.4. The van der Waals surface area contributed by atoms with E-state index < -0.39 is 0 Å². The van der Waals surface area contributed by atoms with E-state index in [0.717, 1.165) is 11.3 Å². The lowest BCUT2D eigenvalue weighted by molar-refractivity contribution is 0.417. The summed E-state index contributed by atoms with van der Waals surface area (Å²) in [6.45, 7) is 4.20. The van der Waals surface area contributed by atoms with Crippen LogP contribution in [0.15, 0.2) is 36.4 Å². The molecule has 0 saturated carbocycles. The van der Waals surface area contributed by atoms with Crippen LogP contribution >= 0.6 is 0 Å². The molecule has 2 nitrogen and oxygen atoms in total. The second kappa shape index (κ2) is 4.50. The molecule has 2 N–H and O–H groups in total. The standard InChI is InChI=1S/C15H17NO/c1-10-6-11(2)8-13(7-10)12-4-5-15(17-3)14(16)9-12/h4-9H,16H2,1-3H3. The Morgan fingerprint density at radius 1 is 0.882 bits per heavy atom. The maximum Gasteiger partial charge on any atom is 0.141 e. The van der Waals surface area contributed by atoms with E-state index in [1.54, 1.807) is 7.11 Å². The monoisotopic (exact) mass is 227 g/mol. The molecule has 0 unspecified atom stereocenters. The molecule has 88 valence electrons. The van der Waals surface area contributed by atoms with Crippen molar-refractivity contribution in [3.8, 4) is 16.9 Å². The van der Waals surface area contributed by atoms with Crippen LogP contribution in [0.25, 0.3) is 11.1 Å². The molecule has 0 bridgehead atoms. The fourth-order valence-electron chi connectivity index (χ4n) is 2.06. The van der Waals surface area contributed by atoms with Gasteiger partial charge in [-0.15, -0.1) is 0 Å². The molecule has 17 heavy (non-hydrogen) atoms. The Bertz CT molecular complexity index is 526. The normalized spacial score (nSPS) is 10.3. The summed E-state index contributed by atoms with van der Waals surface area (Å²) in [4.78, 5) is 0. The molecular weight excluding hydrogens is 210 g/mol. The van der Waals surface area contributed by atoms with Crippen molar-refractivity contribution in [3.63, 3.8) is 0 Å². The maximum atomic E-state index is 5.92. The second-order valence-corrected chi connectivity index (χ2v) is 4.33. The lowest BCUT2D eigenvalue weighted by Gasteiger charge is -2.09. The second-order valence-electron chi connectivity index (χ2n) is 4.33. The fourth-order valence-corrected chi connectivity index (χ4v) is 2.06. The lowest BCUT2D eigenvalue weighted by Crippen LogP contribution is -1.92. The van der Waals surface area contributed by atoms with Gasteiger partial charge in [0, 0.05) is 0 Å². The van der Waals surface area contributed by atoms with Crippen LogP contribution < -0.4 is 10.5 Å². The van der Waals surface area contributed by atoms with Crippen LogP contribution in [-0.2, 0) is 0 Å². The molecule has 0 atom stereocenters. The molecule has 2 rings (SSSR count). The molecule has 2 heteroatoms. The highest BCUT2D eigenvalue weighted by Crippen LogP contribution is 2.29. The largest absolute Gasteiger partial charge is 0.495 e. The van der Waals surface area contributed by atoms with Crippen molar-refractivity contribution in [1.82, 2.24) is 0 Å². The number of rotatable bonds is 2. The third-order valence-corrected chi connectivity index (χ3v) is 2.78. The van der Waals surface area contributed by atoms with E-state index in [4.69, 9.17) is 10.5 Å². The predicted octanol–water partition coefficient (Wildman–Crippen LogP) is 3.56. The first-order valence-electron chi connectivity index (χ1n) is 5.62. The highest BCUT2D eigenvalue weighted by Gasteiger charge is 2.03. The lowest BCUT2D eigenvalue weighted by atomic mass is 10.0. The van der Waals surface area contributed by atoms with Crippen molar-refractivity contribution < 1.29 is 4.74 Å². The molecule has 0 aromatic heterocycles. The molecule has 0 saturated heterocycles. The van der Waals surface area contributed by atoms with Crippen LogP contribution in [0, 0.1) is 13.8 Å². The highest BCUT2D eigenvalue weighted by molar-refractivity contribution is 5.71. The third-order valence-electron chi connectivity index (χ3n) is 2.78. The summed E-state index contributed by atoms with van der Waals surface area (Å²) in [7, 11) is 1.63. The van der Waals surface area contributed by atoms with Gasteiger partial charge in [0.2, 0.25) is 0 Å². The van der Waals surface area contributed by atoms with Crippen molar-refractivity contribution in [1.29, 1.82) is 0 Å². The minimum Gasteiger partial charge on any atom is -0.495 e. The van der Waals surface area contributed by atoms with Crippen molar-refractivity contribution in [2.75, 3.05) is 12.8 Å². The van der Waals surface area contributed by atoms with Gasteiger partial charge in [-0.2, -0.15) is 0 Å². The number of hydrogen-bond acceptors (Lipinski definition) is 2. The van der Waals surface area contributed by atoms with Crippen LogP contribution in [0.1, 0.15) is 11.1 Å². The number of nitrogens with two attached hydrogens (primary N) is 1. The first-order chi connectivity index (χ1) is 8.10. The molecule has 0 radical (unpaired) electrons. The Labute approximate surface area is 102 Å². The molecule has 0 spiro atoms. The van der Waals surface area contributed by atoms with Crippen molar-refractivity contribution in [3.05, 3.63) is 47.5 Å². The Kier molecular flexibility index (Phi) is 3.05. The number of ether oxygens (including phenoxy) is 1. The smallest absolute Gasteiger partial charge is 0.141 e. The van der Waals surface area contributed by atoms with Crippen molar-refractivity contribution >= 4 is 5.69 Å². The Morgan fingerprint density at radius 3 is 2.06 bits per heavy atom. The van der Waals surface area contributed by atoms with E-state index >= 15 is 0 Å². The van der Waals surface area contributed by atoms with Gasteiger partial charge in [0.1, 0.15) is 5.75 Å². The van der Waals surface area contributed by atoms with Gasteiger partial charge in [0.25, 0.3) is 0 Å². The first kappa shape index (κ1) is 11.5. The summed E-state index contributed by atoms with van der Waals surface area (Å²) in [5.41, 5.74) is 11.4. The van der Waals surface area contributed by atoms with Gasteiger partial charge in [-0.1, -0.05) is 35.4 Å². The van der Waals surface area contributed by atoms with Crippen molar-refractivity contribution in [2.45, 2.75) is 13.8 Å². The third kappa shape index (κ3) is 2.41. The molecule has 0 heterocycles. The summed E-state index contributed by atoms with van der Waals surface area (Å²) < 4.78 is 5.16. The molecule has 2 aromatic carbocycles. The molecular formula is C15H17NO. The Balaban J connectivity index is 2.49. The van der Waals surface area contributed by atoms with E-state index in [0.29, 0.717) is 5.69 Å². The summed E-state index contributed by atoms with van der Waals surface area (Å²) >= 11 is 0. The zero-order valence-corrected chi connectivity index (χ0v) is 10.4. The molecule has 0 fully saturated rings. The fraction of sp³-hybridized carbons (Fsp3) is 0.200. The van der Waals surface area contributed by atoms with Crippen LogP contribution in [0.5, 0.6) is 5.75 Å². The number of nitrogen functional groups attached to an aromatic ring is 1. The summed E-state index contributed by atoms with van der Waals surface area (Å²) in [6.07, 6.45) is 0. The molecule has 2 aromatic rings. The summed E-state index contributed by atoms with van der Waals surface area (Å²) in [5.74, 6) is 0.720. The quantitative estimate of drug-likeness (QED) is 0.796. The number of hydrogen-bond donors (Lipinski definition) is 1. The predicted molar refractivity (Wildman–Crippen MR) is 72.3 cm³/mol. The van der Waals surface area contributed by atoms with Crippen LogP contribution in [0.4, 0.5) is 5.69 Å². The topological polar surface area (TPSA) is 35.2 Å². The highest BCUT2D eigenvalue weighted by atomic mass is 16.5. The Morgan fingerprint density at radius 2 is 1.53 bits per heavy atom. The number of aryl methyl sites for hydroxylation is 2. The van der Waals surface area contributed by atoms with Crippen LogP contribution in [0.2, 0.25) is 0 Å². The van der Waals surface area contributed by atoms with E-state index in [9.17, 15) is 0 Å². The van der Waals surface area contributed by atoms with E-state index in [1.807, 2.05) is 18.2 Å². The van der Waals surface area contributed by atoms with E-state index in [1.165, 1.54) is 16.7 Å². The van der Waals surface area contributed by atoms with Crippen LogP contribution in [-0.4, -0.2) is 7.11 Å². The number of benzene rings is 2. The SMILES string of the molecule is COc1ccc(-c2cc(C)cc(C)c2)cc1N. The van der Waals surface area contributed by atoms with Crippen LogP contribution in [0.3, 0.4) is 0 Å². The van der Waals surface area contributed by atoms with Gasteiger partial charge < -0.3 is 10.5 Å². The Hall–Kier alpha value is -1.96. The minimum absolute atomic E-state index is 0.671. The summed E-state index contributed by atoms with van der Waals surface area (Å²) in [5, 5.41) is 0. The van der Waals surface area contributed by atoms with Gasteiger partial charge in [0.05, 0.1) is 12.8 Å². The number of anilines is 1. The molecule has 0 aliphatic rings. The van der Waals surface area contributed by atoms with Gasteiger partial charge in [-0.3, -0.25) is 0 Å². The molecule has 0 aliphatic heterocycles. The average Bonchev–Trinajstić information content (AvgIpc) is 2.27. The van der Waals surface area contributed by atoms with Gasteiger partial charge in [-0.25, -0.2) is 0 Å². The van der Waals surface area contributed by atoms with Gasteiger partial charge in [-0.05, 0) is 37.1 Å². The zero-order valence-electron chi connectivity index (χ0n) is 10.4. The maximum absolute atomic E-state index is 5.92. The van der Waals surface area contributed by atoms with Gasteiger partial charge >= 0.3 is 0 Å². The van der Waals surface area contributed by atoms with Gasteiger partial charge in [0.15, 0.2) is 0 Å². The van der Waals surface area contributed by atoms with E-state index in [-0.39, 0.29) is 0 Å². The number of methoxy groups -OCH3 is 1.